The quantitative estimate of drug-likeness (QED) is 0.870. The fourth-order valence-corrected chi connectivity index (χ4v) is 3.68. The van der Waals surface area contributed by atoms with Gasteiger partial charge in [0, 0.05) is 23.0 Å². The smallest absolute Gasteiger partial charge is 0.239 e. The highest BCUT2D eigenvalue weighted by Crippen LogP contribution is 2.49. The molecule has 2 N–H and O–H groups in total. The van der Waals surface area contributed by atoms with Crippen LogP contribution in [0.3, 0.4) is 0 Å². The number of carbonyl (C=O) groups is 1. The summed E-state index contributed by atoms with van der Waals surface area (Å²) in [5.74, 6) is 0.0422. The van der Waals surface area contributed by atoms with Crippen LogP contribution in [0.4, 0.5) is 0 Å². The zero-order valence-electron chi connectivity index (χ0n) is 12.2. The van der Waals surface area contributed by atoms with E-state index in [1.165, 1.54) is 5.56 Å². The van der Waals surface area contributed by atoms with Crippen molar-refractivity contribution in [2.24, 2.45) is 0 Å². The Morgan fingerprint density at radius 1 is 1.48 bits per heavy atom. The van der Waals surface area contributed by atoms with Crippen LogP contribution in [0.1, 0.15) is 25.3 Å². The molecule has 1 aromatic rings. The van der Waals surface area contributed by atoms with Gasteiger partial charge in [-0.1, -0.05) is 34.1 Å². The van der Waals surface area contributed by atoms with E-state index in [4.69, 9.17) is 4.74 Å². The molecule has 2 aliphatic rings. The first kappa shape index (κ1) is 15.0. The zero-order chi connectivity index (χ0) is 14.9. The van der Waals surface area contributed by atoms with Crippen molar-refractivity contribution < 1.29 is 9.53 Å². The molecule has 2 atom stereocenters. The Bertz CT molecular complexity index is 531. The lowest BCUT2D eigenvalue weighted by atomic mass is 9.95. The number of hydrogen-bond donors (Lipinski definition) is 2. The maximum absolute atomic E-state index is 12.3. The fraction of sp³-hybridized carbons (Fsp3) is 0.562. The van der Waals surface area contributed by atoms with Gasteiger partial charge in [0.05, 0.1) is 12.7 Å². The molecule has 1 saturated heterocycles. The Labute approximate surface area is 133 Å². The van der Waals surface area contributed by atoms with Crippen LogP contribution in [-0.4, -0.2) is 37.7 Å². The van der Waals surface area contributed by atoms with Crippen molar-refractivity contribution in [3.05, 3.63) is 34.3 Å². The second-order valence-corrected chi connectivity index (χ2v) is 6.84. The Morgan fingerprint density at radius 2 is 2.24 bits per heavy atom. The van der Waals surface area contributed by atoms with Crippen molar-refractivity contribution in [2.75, 3.05) is 19.7 Å². The van der Waals surface area contributed by atoms with Gasteiger partial charge in [0.1, 0.15) is 6.04 Å². The number of benzene rings is 1. The van der Waals surface area contributed by atoms with E-state index in [9.17, 15) is 4.79 Å². The summed E-state index contributed by atoms with van der Waals surface area (Å²) in [5.41, 5.74) is 1.40. The van der Waals surface area contributed by atoms with Gasteiger partial charge in [0.25, 0.3) is 0 Å². The number of carbonyl (C=O) groups excluding carboxylic acids is 1. The van der Waals surface area contributed by atoms with Crippen molar-refractivity contribution in [1.29, 1.82) is 0 Å². The fourth-order valence-electron chi connectivity index (χ4n) is 2.98. The summed E-state index contributed by atoms with van der Waals surface area (Å²) in [6.07, 6.45) is 2.18. The first-order valence-electron chi connectivity index (χ1n) is 7.50. The van der Waals surface area contributed by atoms with Gasteiger partial charge in [-0.25, -0.2) is 0 Å². The molecule has 1 aromatic carbocycles. The average Bonchev–Trinajstić information content (AvgIpc) is 3.27. The number of nitrogens with one attached hydrogen (secondary N) is 2. The van der Waals surface area contributed by atoms with Gasteiger partial charge in [0.15, 0.2) is 0 Å². The van der Waals surface area contributed by atoms with Crippen molar-refractivity contribution in [1.82, 2.24) is 10.6 Å². The minimum atomic E-state index is -0.242. The van der Waals surface area contributed by atoms with Gasteiger partial charge in [-0.05, 0) is 31.4 Å². The molecule has 21 heavy (non-hydrogen) atoms. The van der Waals surface area contributed by atoms with Crippen LogP contribution >= 0.6 is 15.9 Å². The number of ether oxygens (including phenoxy) is 1. The van der Waals surface area contributed by atoms with Crippen LogP contribution in [0.5, 0.6) is 0 Å². The summed E-state index contributed by atoms with van der Waals surface area (Å²) in [4.78, 5) is 12.3. The Morgan fingerprint density at radius 3 is 2.90 bits per heavy atom. The highest BCUT2D eigenvalue weighted by Gasteiger charge is 2.45. The summed E-state index contributed by atoms with van der Waals surface area (Å²) in [7, 11) is 0. The van der Waals surface area contributed by atoms with Crippen molar-refractivity contribution in [3.8, 4) is 0 Å². The lowest BCUT2D eigenvalue weighted by molar-refractivity contribution is -0.129. The maximum atomic E-state index is 12.3. The van der Waals surface area contributed by atoms with Crippen LogP contribution in [0.25, 0.3) is 0 Å². The predicted octanol–water partition coefficient (Wildman–Crippen LogP) is 1.97. The largest absolute Gasteiger partial charge is 0.375 e. The number of morpholine rings is 1. The SMILES string of the molecule is C[C@H]1OCCN[C@@H]1C(=O)NCC1(c2ccccc2Br)CC1. The summed E-state index contributed by atoms with van der Waals surface area (Å²) >= 11 is 3.62. The lowest BCUT2D eigenvalue weighted by Crippen LogP contribution is -2.56. The summed E-state index contributed by atoms with van der Waals surface area (Å²) in [5, 5.41) is 6.34. The maximum Gasteiger partial charge on any atom is 0.239 e. The molecule has 1 heterocycles. The summed E-state index contributed by atoms with van der Waals surface area (Å²) < 4.78 is 6.66. The van der Waals surface area contributed by atoms with Crippen molar-refractivity contribution in [2.45, 2.75) is 37.3 Å². The third-order valence-electron chi connectivity index (χ3n) is 4.50. The minimum Gasteiger partial charge on any atom is -0.375 e. The van der Waals surface area contributed by atoms with Gasteiger partial charge >= 0.3 is 0 Å². The van der Waals surface area contributed by atoms with Gasteiger partial charge in [-0.2, -0.15) is 0 Å². The predicted molar refractivity (Wildman–Crippen MR) is 85.3 cm³/mol. The third-order valence-corrected chi connectivity index (χ3v) is 5.19. The Hall–Kier alpha value is -0.910. The van der Waals surface area contributed by atoms with E-state index in [0.717, 1.165) is 23.9 Å². The standard InChI is InChI=1S/C16H21BrN2O2/c1-11-14(18-8-9-21-11)15(20)19-10-16(6-7-16)12-4-2-3-5-13(12)17/h2-5,11,14,18H,6-10H2,1H3,(H,19,20)/t11-,14+/m1/s1. The van der Waals surface area contributed by atoms with E-state index in [0.29, 0.717) is 13.2 Å². The average molecular weight is 353 g/mol. The van der Waals surface area contributed by atoms with Crippen LogP contribution < -0.4 is 10.6 Å². The van der Waals surface area contributed by atoms with E-state index in [1.54, 1.807) is 0 Å². The number of amides is 1. The number of halogens is 1. The van der Waals surface area contributed by atoms with E-state index >= 15 is 0 Å². The second kappa shape index (κ2) is 6.07. The molecule has 1 amide bonds. The van der Waals surface area contributed by atoms with E-state index in [1.807, 2.05) is 13.0 Å². The van der Waals surface area contributed by atoms with Gasteiger partial charge in [-0.3, -0.25) is 4.79 Å². The second-order valence-electron chi connectivity index (χ2n) is 5.99. The van der Waals surface area contributed by atoms with Gasteiger partial charge in [-0.15, -0.1) is 0 Å². The molecule has 4 nitrogen and oxygen atoms in total. The summed E-state index contributed by atoms with van der Waals surface area (Å²) in [6.45, 7) is 4.04. The van der Waals surface area contributed by atoms with E-state index in [2.05, 4.69) is 44.8 Å². The van der Waals surface area contributed by atoms with Crippen LogP contribution in [0, 0.1) is 0 Å². The molecule has 0 aromatic heterocycles. The molecule has 114 valence electrons. The monoisotopic (exact) mass is 352 g/mol. The van der Waals surface area contributed by atoms with Crippen molar-refractivity contribution >= 4 is 21.8 Å². The first-order chi connectivity index (χ1) is 10.1. The molecule has 2 fully saturated rings. The topological polar surface area (TPSA) is 50.4 Å². The van der Waals surface area contributed by atoms with E-state index in [-0.39, 0.29) is 23.5 Å². The highest BCUT2D eigenvalue weighted by molar-refractivity contribution is 9.10. The van der Waals surface area contributed by atoms with Gasteiger partial charge in [0.2, 0.25) is 5.91 Å². The molecule has 3 rings (SSSR count). The molecule has 1 saturated carbocycles. The van der Waals surface area contributed by atoms with Crippen LogP contribution in [-0.2, 0) is 14.9 Å². The summed E-state index contributed by atoms with van der Waals surface area (Å²) in [6, 6.07) is 8.05. The molecule has 0 radical (unpaired) electrons. The van der Waals surface area contributed by atoms with Crippen LogP contribution in [0.15, 0.2) is 28.7 Å². The normalized spacial score (nSPS) is 27.1. The highest BCUT2D eigenvalue weighted by atomic mass is 79.9. The van der Waals surface area contributed by atoms with Crippen molar-refractivity contribution in [3.63, 3.8) is 0 Å². The number of rotatable bonds is 4. The number of hydrogen-bond acceptors (Lipinski definition) is 3. The molecule has 5 heteroatoms. The van der Waals surface area contributed by atoms with E-state index < -0.39 is 0 Å². The molecular weight excluding hydrogens is 332 g/mol. The molecule has 0 unspecified atom stereocenters. The molecule has 0 spiro atoms. The molecule has 1 aliphatic heterocycles. The first-order valence-corrected chi connectivity index (χ1v) is 8.29. The lowest BCUT2D eigenvalue weighted by Gasteiger charge is -2.30. The minimum absolute atomic E-state index is 0.0422. The van der Waals surface area contributed by atoms with Gasteiger partial charge < -0.3 is 15.4 Å². The molecule has 1 aliphatic carbocycles. The third kappa shape index (κ3) is 3.15. The zero-order valence-corrected chi connectivity index (χ0v) is 13.8. The van der Waals surface area contributed by atoms with Crippen LogP contribution in [0.2, 0.25) is 0 Å². The Kier molecular flexibility index (Phi) is 4.33. The molecule has 0 bridgehead atoms. The Balaban J connectivity index is 1.62. The molecular formula is C16H21BrN2O2.